The number of benzene rings is 1. The van der Waals surface area contributed by atoms with Gasteiger partial charge in [0.15, 0.2) is 0 Å². The van der Waals surface area contributed by atoms with E-state index >= 15 is 0 Å². The molecule has 0 saturated heterocycles. The number of hydrogen-bond donors (Lipinski definition) is 2. The number of rotatable bonds is 3. The summed E-state index contributed by atoms with van der Waals surface area (Å²) < 4.78 is 13.7. The molecule has 3 N–H and O–H groups in total. The third-order valence-electron chi connectivity index (χ3n) is 2.35. The van der Waals surface area contributed by atoms with Crippen LogP contribution in [0.15, 0.2) is 41.4 Å². The minimum atomic E-state index is -0.305. The summed E-state index contributed by atoms with van der Waals surface area (Å²) >= 11 is 3.31. The number of aromatic nitrogens is 2. The van der Waals surface area contributed by atoms with E-state index in [4.69, 9.17) is 5.84 Å². The van der Waals surface area contributed by atoms with Crippen molar-refractivity contribution in [1.29, 1.82) is 0 Å². The van der Waals surface area contributed by atoms with Gasteiger partial charge in [-0.3, -0.25) is 5.84 Å². The minimum Gasteiger partial charge on any atom is -0.271 e. The molecule has 1 aromatic carbocycles. The first kappa shape index (κ1) is 12.1. The first-order valence-corrected chi connectivity index (χ1v) is 5.67. The second-order valence-corrected chi connectivity index (χ2v) is 4.29. The van der Waals surface area contributed by atoms with Crippen LogP contribution in [-0.2, 0) is 0 Å². The summed E-state index contributed by atoms with van der Waals surface area (Å²) in [5, 5.41) is 0. The van der Waals surface area contributed by atoms with Crippen molar-refractivity contribution in [2.24, 2.45) is 5.84 Å². The lowest BCUT2D eigenvalue weighted by molar-refractivity contribution is 0.611. The Bertz CT molecular complexity index is 506. The summed E-state index contributed by atoms with van der Waals surface area (Å²) in [4.78, 5) is 7.86. The molecular formula is C11H10BrFN4. The number of halogens is 2. The quantitative estimate of drug-likeness (QED) is 0.671. The van der Waals surface area contributed by atoms with E-state index < -0.39 is 0 Å². The highest BCUT2D eigenvalue weighted by Gasteiger charge is 2.16. The number of nitrogens with two attached hydrogens (primary N) is 1. The third-order valence-corrected chi connectivity index (χ3v) is 3.04. The lowest BCUT2D eigenvalue weighted by Gasteiger charge is -2.17. The van der Waals surface area contributed by atoms with Gasteiger partial charge in [-0.1, -0.05) is 22.0 Å². The van der Waals surface area contributed by atoms with Crippen LogP contribution in [0.5, 0.6) is 0 Å². The van der Waals surface area contributed by atoms with Gasteiger partial charge >= 0.3 is 0 Å². The van der Waals surface area contributed by atoms with Crippen molar-refractivity contribution in [3.63, 3.8) is 0 Å². The van der Waals surface area contributed by atoms with Crippen LogP contribution >= 0.6 is 15.9 Å². The minimum absolute atomic E-state index is 0.286. The Balaban J connectivity index is 2.42. The molecule has 6 heteroatoms. The van der Waals surface area contributed by atoms with E-state index in [1.807, 2.05) is 0 Å². The highest BCUT2D eigenvalue weighted by molar-refractivity contribution is 9.10. The predicted octanol–water partition coefficient (Wildman–Crippen LogP) is 1.93. The van der Waals surface area contributed by atoms with Crippen molar-refractivity contribution < 1.29 is 4.39 Å². The maximum Gasteiger partial charge on any atom is 0.124 e. The third kappa shape index (κ3) is 2.66. The van der Waals surface area contributed by atoms with Crippen LogP contribution in [0.1, 0.15) is 17.2 Å². The molecule has 0 aliphatic heterocycles. The van der Waals surface area contributed by atoms with Crippen molar-refractivity contribution in [2.45, 2.75) is 6.04 Å². The van der Waals surface area contributed by atoms with Crippen molar-refractivity contribution in [3.8, 4) is 0 Å². The van der Waals surface area contributed by atoms with Crippen molar-refractivity contribution in [2.75, 3.05) is 0 Å². The maximum atomic E-state index is 13.0. The van der Waals surface area contributed by atoms with Crippen LogP contribution in [0.4, 0.5) is 4.39 Å². The van der Waals surface area contributed by atoms with Gasteiger partial charge in [-0.2, -0.15) is 0 Å². The fraction of sp³-hybridized carbons (Fsp3) is 0.0909. The Morgan fingerprint density at radius 2 is 2.00 bits per heavy atom. The number of hydrazine groups is 1. The van der Waals surface area contributed by atoms with Crippen molar-refractivity contribution in [3.05, 3.63) is 58.3 Å². The first-order valence-electron chi connectivity index (χ1n) is 4.88. The fourth-order valence-corrected chi connectivity index (χ4v) is 2.14. The molecule has 0 fully saturated rings. The van der Waals surface area contributed by atoms with Gasteiger partial charge in [0, 0.05) is 22.4 Å². The maximum absolute atomic E-state index is 13.0. The molecule has 1 atom stereocenters. The summed E-state index contributed by atoms with van der Waals surface area (Å²) in [7, 11) is 0. The van der Waals surface area contributed by atoms with Crippen molar-refractivity contribution in [1.82, 2.24) is 15.4 Å². The molecule has 0 amide bonds. The number of nitrogens with one attached hydrogen (secondary N) is 1. The van der Waals surface area contributed by atoms with E-state index in [0.717, 1.165) is 11.1 Å². The average molecular weight is 297 g/mol. The Morgan fingerprint density at radius 1 is 1.29 bits per heavy atom. The summed E-state index contributed by atoms with van der Waals surface area (Å²) in [5.74, 6) is 5.22. The van der Waals surface area contributed by atoms with Crippen LogP contribution in [0.3, 0.4) is 0 Å². The van der Waals surface area contributed by atoms with Gasteiger partial charge in [-0.15, -0.1) is 0 Å². The number of nitrogens with zero attached hydrogens (tertiary/aromatic N) is 2. The van der Waals surface area contributed by atoms with Crippen LogP contribution in [-0.4, -0.2) is 9.97 Å². The Kier molecular flexibility index (Phi) is 3.78. The SMILES string of the molecule is NNC(c1cncnc1)c1ccc(F)cc1Br. The molecule has 0 radical (unpaired) electrons. The van der Waals surface area contributed by atoms with Crippen LogP contribution in [0.2, 0.25) is 0 Å². The average Bonchev–Trinajstić information content (AvgIpc) is 2.34. The van der Waals surface area contributed by atoms with Gasteiger partial charge in [0.05, 0.1) is 6.04 Å². The highest BCUT2D eigenvalue weighted by Crippen LogP contribution is 2.27. The zero-order chi connectivity index (χ0) is 12.3. The van der Waals surface area contributed by atoms with E-state index in [2.05, 4.69) is 31.3 Å². The summed E-state index contributed by atoms with van der Waals surface area (Å²) in [6.45, 7) is 0. The molecule has 0 spiro atoms. The van der Waals surface area contributed by atoms with Gasteiger partial charge in [0.2, 0.25) is 0 Å². The highest BCUT2D eigenvalue weighted by atomic mass is 79.9. The molecule has 4 nitrogen and oxygen atoms in total. The molecule has 2 aromatic rings. The first-order chi connectivity index (χ1) is 8.22. The van der Waals surface area contributed by atoms with E-state index in [0.29, 0.717) is 4.47 Å². The molecular weight excluding hydrogens is 287 g/mol. The molecule has 2 rings (SSSR count). The second kappa shape index (κ2) is 5.31. The molecule has 0 bridgehead atoms. The molecule has 0 saturated carbocycles. The zero-order valence-electron chi connectivity index (χ0n) is 8.77. The Morgan fingerprint density at radius 3 is 2.59 bits per heavy atom. The molecule has 1 unspecified atom stereocenters. The predicted molar refractivity (Wildman–Crippen MR) is 65.3 cm³/mol. The van der Waals surface area contributed by atoms with Gasteiger partial charge in [-0.25, -0.2) is 19.8 Å². The molecule has 0 aliphatic carbocycles. The monoisotopic (exact) mass is 296 g/mol. The summed E-state index contributed by atoms with van der Waals surface area (Å²) in [5.41, 5.74) is 4.29. The van der Waals surface area contributed by atoms with Gasteiger partial charge in [0.25, 0.3) is 0 Å². The lowest BCUT2D eigenvalue weighted by atomic mass is 10.0. The van der Waals surface area contributed by atoms with Gasteiger partial charge in [0.1, 0.15) is 12.1 Å². The standard InChI is InChI=1S/C11H10BrFN4/c12-10-3-8(13)1-2-9(10)11(17-14)7-4-15-6-16-5-7/h1-6,11,17H,14H2. The van der Waals surface area contributed by atoms with Gasteiger partial charge < -0.3 is 0 Å². The topological polar surface area (TPSA) is 63.8 Å². The van der Waals surface area contributed by atoms with Crippen molar-refractivity contribution >= 4 is 15.9 Å². The molecule has 1 aromatic heterocycles. The van der Waals surface area contributed by atoms with Crippen LogP contribution < -0.4 is 11.3 Å². The van der Waals surface area contributed by atoms with Crippen LogP contribution in [0.25, 0.3) is 0 Å². The normalized spacial score (nSPS) is 12.4. The molecule has 0 aliphatic rings. The van der Waals surface area contributed by atoms with E-state index in [9.17, 15) is 4.39 Å². The van der Waals surface area contributed by atoms with E-state index in [-0.39, 0.29) is 11.9 Å². The Labute approximate surface area is 106 Å². The summed E-state index contributed by atoms with van der Waals surface area (Å²) in [6, 6.07) is 4.15. The smallest absolute Gasteiger partial charge is 0.124 e. The zero-order valence-corrected chi connectivity index (χ0v) is 10.4. The molecule has 1 heterocycles. The van der Waals surface area contributed by atoms with Gasteiger partial charge in [-0.05, 0) is 17.7 Å². The van der Waals surface area contributed by atoms with E-state index in [1.54, 1.807) is 18.5 Å². The second-order valence-electron chi connectivity index (χ2n) is 3.44. The molecule has 88 valence electrons. The fourth-order valence-electron chi connectivity index (χ4n) is 1.56. The lowest BCUT2D eigenvalue weighted by Crippen LogP contribution is -2.29. The van der Waals surface area contributed by atoms with Crippen LogP contribution in [0, 0.1) is 5.82 Å². The summed E-state index contributed by atoms with van der Waals surface area (Å²) in [6.07, 6.45) is 4.76. The molecule has 17 heavy (non-hydrogen) atoms. The number of hydrogen-bond acceptors (Lipinski definition) is 4. The van der Waals surface area contributed by atoms with E-state index in [1.165, 1.54) is 18.5 Å². The largest absolute Gasteiger partial charge is 0.271 e. The Hall–Kier alpha value is -1.37.